The molecule has 194 valence electrons. The van der Waals surface area contributed by atoms with Crippen molar-refractivity contribution in [2.24, 2.45) is 17.8 Å². The van der Waals surface area contributed by atoms with Gasteiger partial charge in [-0.15, -0.1) is 0 Å². The van der Waals surface area contributed by atoms with Crippen LogP contribution in [0.3, 0.4) is 0 Å². The van der Waals surface area contributed by atoms with Gasteiger partial charge in [0, 0.05) is 30.1 Å². The number of carbonyl (C=O) groups is 2. The maximum absolute atomic E-state index is 13.7. The molecule has 2 aromatic rings. The Morgan fingerprint density at radius 3 is 2.57 bits per heavy atom. The highest BCUT2D eigenvalue weighted by Gasteiger charge is 2.53. The Balaban J connectivity index is 1.46. The Morgan fingerprint density at radius 2 is 1.89 bits per heavy atom. The first-order valence-electron chi connectivity index (χ1n) is 13.1. The van der Waals surface area contributed by atoms with Crippen LogP contribution in [0.2, 0.25) is 6.32 Å². The summed E-state index contributed by atoms with van der Waals surface area (Å²) in [6, 6.07) is 10.7. The molecule has 1 saturated heterocycles. The minimum Gasteiger partial charge on any atom is -0.459 e. The number of aliphatic hydroxyl groups is 1. The molecule has 1 aromatic heterocycles. The Labute approximate surface area is 217 Å². The number of ketones is 2. The van der Waals surface area contributed by atoms with Crippen LogP contribution in [0.15, 0.2) is 57.5 Å². The van der Waals surface area contributed by atoms with Crippen LogP contribution in [-0.4, -0.2) is 48.6 Å². The lowest BCUT2D eigenvalue weighted by Crippen LogP contribution is -2.51. The van der Waals surface area contributed by atoms with E-state index in [1.807, 2.05) is 12.1 Å². The average molecular weight is 504 g/mol. The molecule has 0 radical (unpaired) electrons. The summed E-state index contributed by atoms with van der Waals surface area (Å²) in [6.45, 7) is 2.29. The number of fused-ring (bicyclic) bond motifs is 4. The van der Waals surface area contributed by atoms with Crippen LogP contribution >= 0.6 is 0 Å². The number of carbonyl (C=O) groups excluding carboxylic acids is 2. The summed E-state index contributed by atoms with van der Waals surface area (Å²) >= 11 is 0. The Morgan fingerprint density at radius 1 is 1.14 bits per heavy atom. The fourth-order valence-corrected chi connectivity index (χ4v) is 6.40. The molecule has 2 heterocycles. The van der Waals surface area contributed by atoms with Crippen molar-refractivity contribution in [1.82, 2.24) is 0 Å². The van der Waals surface area contributed by atoms with Gasteiger partial charge in [-0.25, -0.2) is 0 Å². The summed E-state index contributed by atoms with van der Waals surface area (Å²) < 4.78 is 17.2. The molecule has 4 atom stereocenters. The summed E-state index contributed by atoms with van der Waals surface area (Å²) in [5, 5.41) is 20.0. The van der Waals surface area contributed by atoms with Crippen molar-refractivity contribution in [2.45, 2.75) is 51.6 Å². The molecule has 1 fully saturated rings. The quantitative estimate of drug-likeness (QED) is 0.403. The lowest BCUT2D eigenvalue weighted by Gasteiger charge is -2.47. The number of hydrogen-bond acceptors (Lipinski definition) is 7. The SMILES string of the molecule is CC/C(=C\c1ccc(CO)o1)CC[C@H]1OB(O)C[C@H]2C1=C(COC)C[C@H]1C(=O)c3ccccc3C(=O)[C@H]12. The minimum atomic E-state index is -1.01. The van der Waals surface area contributed by atoms with Gasteiger partial charge in [0.15, 0.2) is 11.6 Å². The first kappa shape index (κ1) is 25.9. The van der Waals surface area contributed by atoms with Gasteiger partial charge in [-0.2, -0.15) is 0 Å². The van der Waals surface area contributed by atoms with Crippen molar-refractivity contribution >= 4 is 24.8 Å². The molecule has 0 saturated carbocycles. The molecule has 0 amide bonds. The third-order valence-corrected chi connectivity index (χ3v) is 8.05. The molecule has 0 unspecified atom stereocenters. The number of furan rings is 1. The molecule has 7 nitrogen and oxygen atoms in total. The standard InChI is InChI=1S/C29H33BO7/c1-3-17(12-19-9-10-20(15-31)36-19)8-11-25-26-18(16-35-2)13-23-27(24(26)14-30(34)37-25)29(33)22-7-5-4-6-21(22)28(23)32/h4-7,9-10,12,23-25,27,31,34H,3,8,11,13-16H2,1-2H3/b17-12+/t23-,24+,25-,27-/m1/s1. The number of aliphatic hydroxyl groups excluding tert-OH is 1. The molecule has 2 aliphatic carbocycles. The van der Waals surface area contributed by atoms with E-state index in [2.05, 4.69) is 6.92 Å². The summed E-state index contributed by atoms with van der Waals surface area (Å²) in [5.74, 6) is -0.0243. The Bertz CT molecular complexity index is 1240. The van der Waals surface area contributed by atoms with Crippen molar-refractivity contribution in [2.75, 3.05) is 13.7 Å². The highest BCUT2D eigenvalue weighted by atomic mass is 16.5. The van der Waals surface area contributed by atoms with Gasteiger partial charge in [0.1, 0.15) is 18.1 Å². The molecule has 1 aromatic carbocycles. The monoisotopic (exact) mass is 504 g/mol. The average Bonchev–Trinajstić information content (AvgIpc) is 3.36. The topological polar surface area (TPSA) is 106 Å². The third-order valence-electron chi connectivity index (χ3n) is 8.05. The summed E-state index contributed by atoms with van der Waals surface area (Å²) in [5.41, 5.74) is 4.16. The number of methoxy groups -OCH3 is 1. The molecule has 0 spiro atoms. The molecule has 5 rings (SSSR count). The van der Waals surface area contributed by atoms with Crippen molar-refractivity contribution in [3.8, 4) is 0 Å². The Hall–Kier alpha value is -2.78. The normalized spacial score (nSPS) is 25.7. The molecule has 0 bridgehead atoms. The number of rotatable bonds is 8. The van der Waals surface area contributed by atoms with Gasteiger partial charge < -0.3 is 23.9 Å². The van der Waals surface area contributed by atoms with Gasteiger partial charge in [-0.3, -0.25) is 9.59 Å². The van der Waals surface area contributed by atoms with E-state index in [0.29, 0.717) is 48.5 Å². The van der Waals surface area contributed by atoms with E-state index >= 15 is 0 Å². The Kier molecular flexibility index (Phi) is 7.63. The van der Waals surface area contributed by atoms with Gasteiger partial charge in [-0.1, -0.05) is 36.8 Å². The van der Waals surface area contributed by atoms with E-state index in [1.54, 1.807) is 37.4 Å². The predicted molar refractivity (Wildman–Crippen MR) is 139 cm³/mol. The number of Topliss-reactive ketones (excluding diaryl/α,β-unsaturated/α-hetero) is 2. The van der Waals surface area contributed by atoms with E-state index in [0.717, 1.165) is 23.1 Å². The van der Waals surface area contributed by atoms with Crippen LogP contribution in [0.5, 0.6) is 0 Å². The lowest BCUT2D eigenvalue weighted by atomic mass is 9.54. The smallest absolute Gasteiger partial charge is 0.455 e. The van der Waals surface area contributed by atoms with E-state index < -0.39 is 19.0 Å². The highest BCUT2D eigenvalue weighted by molar-refractivity contribution is 6.43. The maximum atomic E-state index is 13.7. The second-order valence-corrected chi connectivity index (χ2v) is 10.2. The summed E-state index contributed by atoms with van der Waals surface area (Å²) in [7, 11) is 0.625. The van der Waals surface area contributed by atoms with E-state index in [-0.39, 0.29) is 36.5 Å². The fourth-order valence-electron chi connectivity index (χ4n) is 6.40. The van der Waals surface area contributed by atoms with Gasteiger partial charge in [0.05, 0.1) is 12.7 Å². The van der Waals surface area contributed by atoms with Crippen molar-refractivity contribution < 1.29 is 33.5 Å². The van der Waals surface area contributed by atoms with Gasteiger partial charge in [0.2, 0.25) is 0 Å². The molecule has 1 aliphatic heterocycles. The largest absolute Gasteiger partial charge is 0.459 e. The van der Waals surface area contributed by atoms with Crippen LogP contribution in [0.4, 0.5) is 0 Å². The molecular weight excluding hydrogens is 471 g/mol. The van der Waals surface area contributed by atoms with E-state index in [1.165, 1.54) is 0 Å². The zero-order valence-electron chi connectivity index (χ0n) is 21.3. The number of allylic oxidation sites excluding steroid dienone is 1. The van der Waals surface area contributed by atoms with Gasteiger partial charge in [-0.05, 0) is 67.3 Å². The van der Waals surface area contributed by atoms with Crippen LogP contribution in [0, 0.1) is 17.8 Å². The van der Waals surface area contributed by atoms with Crippen molar-refractivity contribution in [1.29, 1.82) is 0 Å². The molecule has 8 heteroatoms. The maximum Gasteiger partial charge on any atom is 0.455 e. The minimum absolute atomic E-state index is 0.00211. The van der Waals surface area contributed by atoms with Crippen LogP contribution in [0.1, 0.15) is 64.8 Å². The number of ether oxygens (including phenoxy) is 1. The van der Waals surface area contributed by atoms with Gasteiger partial charge in [0.25, 0.3) is 0 Å². The summed E-state index contributed by atoms with van der Waals surface area (Å²) in [4.78, 5) is 27.2. The van der Waals surface area contributed by atoms with E-state index in [4.69, 9.17) is 13.8 Å². The number of benzene rings is 1. The van der Waals surface area contributed by atoms with Gasteiger partial charge >= 0.3 is 7.12 Å². The molecule has 37 heavy (non-hydrogen) atoms. The molecular formula is C29H33BO7. The van der Waals surface area contributed by atoms with Crippen LogP contribution in [0.25, 0.3) is 6.08 Å². The fraction of sp³-hybridized carbons (Fsp3) is 0.448. The second kappa shape index (κ2) is 10.9. The van der Waals surface area contributed by atoms with Crippen LogP contribution in [-0.2, 0) is 16.0 Å². The second-order valence-electron chi connectivity index (χ2n) is 10.2. The predicted octanol–water partition coefficient (Wildman–Crippen LogP) is 4.50. The highest BCUT2D eigenvalue weighted by Crippen LogP contribution is 2.51. The first-order valence-corrected chi connectivity index (χ1v) is 13.1. The van der Waals surface area contributed by atoms with E-state index in [9.17, 15) is 19.7 Å². The zero-order valence-corrected chi connectivity index (χ0v) is 21.3. The molecule has 3 aliphatic rings. The van der Waals surface area contributed by atoms with Crippen LogP contribution < -0.4 is 0 Å². The third kappa shape index (κ3) is 4.91. The molecule has 2 N–H and O–H groups in total. The van der Waals surface area contributed by atoms with Crippen molar-refractivity contribution in [3.63, 3.8) is 0 Å². The zero-order chi connectivity index (χ0) is 26.1. The first-order chi connectivity index (χ1) is 17.9. The van der Waals surface area contributed by atoms with Crippen molar-refractivity contribution in [3.05, 3.63) is 75.8 Å². The summed E-state index contributed by atoms with van der Waals surface area (Å²) in [6.07, 6.45) is 4.51. The lowest BCUT2D eigenvalue weighted by molar-refractivity contribution is 0.0584. The number of hydrogen-bond donors (Lipinski definition) is 2.